The minimum Gasteiger partial charge on any atom is -0.444 e. The first-order chi connectivity index (χ1) is 19.9. The fourth-order valence-corrected chi connectivity index (χ4v) is 5.66. The van der Waals surface area contributed by atoms with Gasteiger partial charge in [0.25, 0.3) is 0 Å². The molecule has 2 aromatic rings. The van der Waals surface area contributed by atoms with Gasteiger partial charge in [0.2, 0.25) is 5.91 Å². The number of carbonyl (C=O) groups excluding carboxylic acids is 4. The maximum Gasteiger partial charge on any atom is 0.410 e. The molecule has 2 saturated heterocycles. The molecular weight excluding hydrogens is 539 g/mol. The third-order valence-corrected chi connectivity index (χ3v) is 7.69. The van der Waals surface area contributed by atoms with Gasteiger partial charge in [-0.05, 0) is 89.1 Å². The van der Waals surface area contributed by atoms with Crippen molar-refractivity contribution < 1.29 is 28.3 Å². The first kappa shape index (κ1) is 31.0. The smallest absolute Gasteiger partial charge is 0.410 e. The highest BCUT2D eigenvalue weighted by Crippen LogP contribution is 2.27. The molecule has 0 aliphatic carbocycles. The number of piperidine rings is 2. The number of rotatable bonds is 6. The van der Waals surface area contributed by atoms with Crippen molar-refractivity contribution in [3.63, 3.8) is 0 Å². The summed E-state index contributed by atoms with van der Waals surface area (Å²) in [5, 5.41) is 5.68. The van der Waals surface area contributed by atoms with Gasteiger partial charge in [0, 0.05) is 37.4 Å². The van der Waals surface area contributed by atoms with Gasteiger partial charge in [-0.3, -0.25) is 9.59 Å². The molecule has 4 rings (SSSR count). The Balaban J connectivity index is 1.46. The van der Waals surface area contributed by atoms with E-state index in [2.05, 4.69) is 10.6 Å². The van der Waals surface area contributed by atoms with Crippen molar-refractivity contribution in [3.05, 3.63) is 65.5 Å². The Morgan fingerprint density at radius 1 is 0.976 bits per heavy atom. The van der Waals surface area contributed by atoms with Crippen molar-refractivity contribution >= 4 is 29.5 Å². The van der Waals surface area contributed by atoms with Crippen LogP contribution in [0.2, 0.25) is 0 Å². The number of ether oxygens (including phenoxy) is 1. The fraction of sp³-hybridized carbons (Fsp3) is 0.500. The van der Waals surface area contributed by atoms with Crippen LogP contribution in [0.1, 0.15) is 62.9 Å². The third-order valence-electron chi connectivity index (χ3n) is 7.69. The lowest BCUT2D eigenvalue weighted by Crippen LogP contribution is -2.59. The molecule has 2 aliphatic heterocycles. The van der Waals surface area contributed by atoms with Crippen molar-refractivity contribution in [2.45, 2.75) is 65.0 Å². The Hall–Kier alpha value is -3.95. The summed E-state index contributed by atoms with van der Waals surface area (Å²) < 4.78 is 18.9. The highest BCUT2D eigenvalue weighted by molar-refractivity contribution is 5.97. The van der Waals surface area contributed by atoms with Crippen molar-refractivity contribution in [1.82, 2.24) is 15.1 Å². The van der Waals surface area contributed by atoms with Gasteiger partial charge < -0.3 is 25.2 Å². The van der Waals surface area contributed by atoms with E-state index in [9.17, 15) is 23.6 Å². The molecule has 2 heterocycles. The molecule has 9 nitrogen and oxygen atoms in total. The molecule has 0 aromatic heterocycles. The van der Waals surface area contributed by atoms with Crippen LogP contribution in [0.4, 0.5) is 19.7 Å². The highest BCUT2D eigenvalue weighted by atomic mass is 19.1. The lowest BCUT2D eigenvalue weighted by atomic mass is 9.87. The number of nitrogens with one attached hydrogen (secondary N) is 2. The van der Waals surface area contributed by atoms with E-state index >= 15 is 0 Å². The Morgan fingerprint density at radius 2 is 1.71 bits per heavy atom. The second kappa shape index (κ2) is 13.4. The van der Waals surface area contributed by atoms with Crippen molar-refractivity contribution in [2.24, 2.45) is 11.8 Å². The molecule has 2 aliphatic rings. The van der Waals surface area contributed by atoms with Crippen LogP contribution < -0.4 is 10.6 Å². The molecule has 4 amide bonds. The molecule has 0 spiro atoms. The van der Waals surface area contributed by atoms with Crippen LogP contribution >= 0.6 is 0 Å². The standard InChI is InChI=1S/C32H41FN4O5/c1-21(38)24-8-5-9-26(18-24)34-30(40)35-28-20-37(31(41)42-32(2,3)4)16-14-27(28)29(39)36-15-6-7-23(19-36)17-22-10-12-25(33)13-11-22/h5,8-13,18,23,27-28H,6-7,14-17,19-20H2,1-4H3,(H2,34,35,40)/t23-,27+,28-/m0/s1. The summed E-state index contributed by atoms with van der Waals surface area (Å²) in [6.45, 7) is 8.49. The number of nitrogens with zero attached hydrogens (tertiary/aromatic N) is 2. The molecule has 0 saturated carbocycles. The number of likely N-dealkylation sites (tertiary alicyclic amines) is 2. The SMILES string of the molecule is CC(=O)c1cccc(NC(=O)N[C@H]2CN(C(=O)OC(C)(C)C)CC[C@H]2C(=O)N2CCC[C@@H](Cc3ccc(F)cc3)C2)c1. The minimum absolute atomic E-state index is 0.0495. The van der Waals surface area contributed by atoms with Crippen LogP contribution in [0.25, 0.3) is 0 Å². The predicted octanol–water partition coefficient (Wildman–Crippen LogP) is 5.26. The van der Waals surface area contributed by atoms with Crippen LogP contribution in [0.5, 0.6) is 0 Å². The van der Waals surface area contributed by atoms with Gasteiger partial charge in [0.15, 0.2) is 5.78 Å². The Labute approximate surface area is 246 Å². The van der Waals surface area contributed by atoms with Gasteiger partial charge in [-0.2, -0.15) is 0 Å². The minimum atomic E-state index is -0.681. The predicted molar refractivity (Wildman–Crippen MR) is 158 cm³/mol. The Morgan fingerprint density at radius 3 is 2.40 bits per heavy atom. The molecule has 0 radical (unpaired) electrons. The molecule has 226 valence electrons. The highest BCUT2D eigenvalue weighted by Gasteiger charge is 2.40. The van der Waals surface area contributed by atoms with E-state index in [4.69, 9.17) is 4.74 Å². The number of benzene rings is 2. The number of amides is 4. The maximum absolute atomic E-state index is 13.9. The molecule has 42 heavy (non-hydrogen) atoms. The number of urea groups is 1. The van der Waals surface area contributed by atoms with Crippen LogP contribution in [0.3, 0.4) is 0 Å². The number of halogens is 1. The number of hydrogen-bond acceptors (Lipinski definition) is 5. The zero-order valence-corrected chi connectivity index (χ0v) is 24.8. The Bertz CT molecular complexity index is 1290. The summed E-state index contributed by atoms with van der Waals surface area (Å²) in [6, 6.07) is 11.9. The number of ketones is 1. The summed E-state index contributed by atoms with van der Waals surface area (Å²) in [5.74, 6) is -0.720. The van der Waals surface area contributed by atoms with E-state index in [0.29, 0.717) is 37.3 Å². The van der Waals surface area contributed by atoms with E-state index < -0.39 is 29.7 Å². The molecule has 2 fully saturated rings. The zero-order valence-electron chi connectivity index (χ0n) is 24.8. The topological polar surface area (TPSA) is 108 Å². The number of anilines is 1. The van der Waals surface area contributed by atoms with E-state index in [-0.39, 0.29) is 30.0 Å². The van der Waals surface area contributed by atoms with Gasteiger partial charge in [-0.15, -0.1) is 0 Å². The van der Waals surface area contributed by atoms with Crippen LogP contribution in [0, 0.1) is 17.7 Å². The lowest BCUT2D eigenvalue weighted by Gasteiger charge is -2.42. The summed E-state index contributed by atoms with van der Waals surface area (Å²) in [5.41, 5.74) is 1.27. The molecule has 3 atom stereocenters. The molecule has 2 aromatic carbocycles. The van der Waals surface area contributed by atoms with Crippen LogP contribution in [0.15, 0.2) is 48.5 Å². The first-order valence-electron chi connectivity index (χ1n) is 14.6. The summed E-state index contributed by atoms with van der Waals surface area (Å²) in [6.07, 6.45) is 2.47. The quantitative estimate of drug-likeness (QED) is 0.454. The van der Waals surface area contributed by atoms with Gasteiger partial charge in [0.05, 0.1) is 12.0 Å². The van der Waals surface area contributed by atoms with Crippen molar-refractivity contribution in [2.75, 3.05) is 31.5 Å². The van der Waals surface area contributed by atoms with Crippen LogP contribution in [-0.4, -0.2) is 71.4 Å². The average molecular weight is 581 g/mol. The van der Waals surface area contributed by atoms with Gasteiger partial charge in [0.1, 0.15) is 11.4 Å². The van der Waals surface area contributed by atoms with Crippen molar-refractivity contribution in [3.8, 4) is 0 Å². The average Bonchev–Trinajstić information content (AvgIpc) is 2.93. The normalized spacial score (nSPS) is 20.9. The molecule has 0 bridgehead atoms. The number of hydrogen-bond donors (Lipinski definition) is 2. The molecular formula is C32H41FN4O5. The summed E-state index contributed by atoms with van der Waals surface area (Å²) in [4.78, 5) is 55.1. The molecule has 0 unspecified atom stereocenters. The fourth-order valence-electron chi connectivity index (χ4n) is 5.66. The van der Waals surface area contributed by atoms with Gasteiger partial charge in [-0.25, -0.2) is 14.0 Å². The first-order valence-corrected chi connectivity index (χ1v) is 14.6. The maximum atomic E-state index is 13.9. The van der Waals surface area contributed by atoms with Gasteiger partial charge in [-0.1, -0.05) is 24.3 Å². The van der Waals surface area contributed by atoms with E-state index in [1.54, 1.807) is 57.2 Å². The monoisotopic (exact) mass is 580 g/mol. The largest absolute Gasteiger partial charge is 0.444 e. The molecule has 10 heteroatoms. The van der Waals surface area contributed by atoms with Crippen LogP contribution in [-0.2, 0) is 16.0 Å². The lowest BCUT2D eigenvalue weighted by molar-refractivity contribution is -0.139. The second-order valence-corrected chi connectivity index (χ2v) is 12.3. The van der Waals surface area contributed by atoms with E-state index in [1.807, 2.05) is 4.90 Å². The Kier molecular flexibility index (Phi) is 9.85. The number of Topliss-reactive ketones (excluding diaryl/α,β-unsaturated/α-hetero) is 1. The number of carbonyl (C=O) groups is 4. The summed E-state index contributed by atoms with van der Waals surface area (Å²) in [7, 11) is 0. The summed E-state index contributed by atoms with van der Waals surface area (Å²) >= 11 is 0. The van der Waals surface area contributed by atoms with E-state index in [1.165, 1.54) is 24.0 Å². The molecule has 2 N–H and O–H groups in total. The second-order valence-electron chi connectivity index (χ2n) is 12.3. The zero-order chi connectivity index (χ0) is 30.4. The third kappa shape index (κ3) is 8.53. The van der Waals surface area contributed by atoms with E-state index in [0.717, 1.165) is 24.8 Å². The van der Waals surface area contributed by atoms with Gasteiger partial charge >= 0.3 is 12.1 Å². The van der Waals surface area contributed by atoms with Crippen molar-refractivity contribution in [1.29, 1.82) is 0 Å².